The summed E-state index contributed by atoms with van der Waals surface area (Å²) in [6, 6.07) is 12.3. The number of benzene rings is 1. The number of fused-ring (bicyclic) bond motifs is 1. The molecule has 0 aliphatic carbocycles. The molecule has 110 valence electrons. The molecular weight excluding hydrogens is 280 g/mol. The summed E-state index contributed by atoms with van der Waals surface area (Å²) >= 11 is 1.77. The van der Waals surface area contributed by atoms with Gasteiger partial charge in [-0.2, -0.15) is 0 Å². The van der Waals surface area contributed by atoms with Gasteiger partial charge in [-0.1, -0.05) is 18.2 Å². The van der Waals surface area contributed by atoms with Crippen LogP contribution in [-0.2, 0) is 11.2 Å². The lowest BCUT2D eigenvalue weighted by atomic mass is 10.1. The van der Waals surface area contributed by atoms with E-state index in [0.717, 1.165) is 43.7 Å². The van der Waals surface area contributed by atoms with E-state index in [-0.39, 0.29) is 5.91 Å². The first kappa shape index (κ1) is 14.1. The molecule has 1 aromatic heterocycles. The Kier molecular flexibility index (Phi) is 4.55. The number of amides is 1. The van der Waals surface area contributed by atoms with Crippen LogP contribution in [0.15, 0.2) is 41.8 Å². The van der Waals surface area contributed by atoms with Gasteiger partial charge in [0.15, 0.2) is 0 Å². The van der Waals surface area contributed by atoms with Gasteiger partial charge in [-0.25, -0.2) is 0 Å². The van der Waals surface area contributed by atoms with Crippen LogP contribution in [-0.4, -0.2) is 19.0 Å². The van der Waals surface area contributed by atoms with Gasteiger partial charge in [0.25, 0.3) is 0 Å². The normalized spacial score (nSPS) is 14.2. The number of thiophene rings is 1. The van der Waals surface area contributed by atoms with E-state index in [4.69, 9.17) is 0 Å². The smallest absolute Gasteiger partial charge is 0.227 e. The molecule has 2 heterocycles. The summed E-state index contributed by atoms with van der Waals surface area (Å²) < 4.78 is 0. The van der Waals surface area contributed by atoms with Crippen molar-refractivity contribution in [3.63, 3.8) is 0 Å². The summed E-state index contributed by atoms with van der Waals surface area (Å²) in [5, 5.41) is 5.49. The second-order valence-corrected chi connectivity index (χ2v) is 6.31. The molecule has 1 aliphatic rings. The van der Waals surface area contributed by atoms with E-state index < -0.39 is 0 Å². The van der Waals surface area contributed by atoms with Crippen LogP contribution in [0.1, 0.15) is 24.1 Å². The average molecular weight is 300 g/mol. The third-order valence-electron chi connectivity index (χ3n) is 3.76. The van der Waals surface area contributed by atoms with Crippen LogP contribution in [0, 0.1) is 0 Å². The number of hydrogen-bond donors (Lipinski definition) is 1. The predicted molar refractivity (Wildman–Crippen MR) is 89.2 cm³/mol. The second kappa shape index (κ2) is 6.76. The van der Waals surface area contributed by atoms with Crippen molar-refractivity contribution in [2.75, 3.05) is 23.3 Å². The molecule has 0 unspecified atom stereocenters. The van der Waals surface area contributed by atoms with Crippen molar-refractivity contribution in [3.05, 3.63) is 46.7 Å². The summed E-state index contributed by atoms with van der Waals surface area (Å²) in [7, 11) is 0. The molecule has 0 fully saturated rings. The molecular formula is C17H20N2OS. The number of para-hydroxylation sites is 2. The Morgan fingerprint density at radius 2 is 2.14 bits per heavy atom. The maximum atomic E-state index is 12.5. The lowest BCUT2D eigenvalue weighted by Crippen LogP contribution is -2.31. The summed E-state index contributed by atoms with van der Waals surface area (Å²) in [5.74, 6) is 0.239. The van der Waals surface area contributed by atoms with Gasteiger partial charge < -0.3 is 10.2 Å². The standard InChI is InChI=1S/C17H20N2OS/c20-17(10-3-6-14-7-4-13-21-14)19-12-5-11-18-15-8-1-2-9-16(15)19/h1-2,4,7-9,13,18H,3,5-6,10-12H2. The Hall–Kier alpha value is -1.81. The van der Waals surface area contributed by atoms with Gasteiger partial charge in [0.1, 0.15) is 0 Å². The number of nitrogens with zero attached hydrogens (tertiary/aromatic N) is 1. The van der Waals surface area contributed by atoms with Crippen LogP contribution < -0.4 is 10.2 Å². The summed E-state index contributed by atoms with van der Waals surface area (Å²) in [5.41, 5.74) is 2.10. The van der Waals surface area contributed by atoms with Gasteiger partial charge in [0, 0.05) is 24.4 Å². The lowest BCUT2D eigenvalue weighted by Gasteiger charge is -2.22. The molecule has 3 rings (SSSR count). The third kappa shape index (κ3) is 3.45. The van der Waals surface area contributed by atoms with Gasteiger partial charge in [0.2, 0.25) is 5.91 Å². The van der Waals surface area contributed by atoms with Crippen LogP contribution in [0.5, 0.6) is 0 Å². The number of nitrogens with one attached hydrogen (secondary N) is 1. The highest BCUT2D eigenvalue weighted by molar-refractivity contribution is 7.09. The fourth-order valence-corrected chi connectivity index (χ4v) is 3.45. The number of carbonyl (C=O) groups excluding carboxylic acids is 1. The molecule has 0 saturated carbocycles. The van der Waals surface area contributed by atoms with Gasteiger partial charge in [-0.05, 0) is 42.8 Å². The number of rotatable bonds is 4. The van der Waals surface area contributed by atoms with Crippen LogP contribution in [0.25, 0.3) is 0 Å². The highest BCUT2D eigenvalue weighted by atomic mass is 32.1. The van der Waals surface area contributed by atoms with Crippen LogP contribution >= 0.6 is 11.3 Å². The third-order valence-corrected chi connectivity index (χ3v) is 4.70. The first-order chi connectivity index (χ1) is 10.3. The lowest BCUT2D eigenvalue weighted by molar-refractivity contribution is -0.118. The van der Waals surface area contributed by atoms with Crippen molar-refractivity contribution in [1.29, 1.82) is 0 Å². The molecule has 4 heteroatoms. The van der Waals surface area contributed by atoms with E-state index >= 15 is 0 Å². The second-order valence-electron chi connectivity index (χ2n) is 5.28. The van der Waals surface area contributed by atoms with E-state index in [9.17, 15) is 4.79 Å². The zero-order valence-corrected chi connectivity index (χ0v) is 12.9. The Morgan fingerprint density at radius 3 is 3.00 bits per heavy atom. The van der Waals surface area contributed by atoms with Crippen LogP contribution in [0.3, 0.4) is 0 Å². The van der Waals surface area contributed by atoms with Crippen molar-refractivity contribution in [2.45, 2.75) is 25.7 Å². The first-order valence-corrected chi connectivity index (χ1v) is 8.38. The van der Waals surface area contributed by atoms with Crippen molar-refractivity contribution >= 4 is 28.6 Å². The van der Waals surface area contributed by atoms with Crippen LogP contribution in [0.4, 0.5) is 11.4 Å². The maximum Gasteiger partial charge on any atom is 0.227 e. The predicted octanol–water partition coefficient (Wildman–Crippen LogP) is 3.92. The minimum Gasteiger partial charge on any atom is -0.383 e. The zero-order chi connectivity index (χ0) is 14.5. The van der Waals surface area contributed by atoms with Crippen molar-refractivity contribution < 1.29 is 4.79 Å². The van der Waals surface area contributed by atoms with E-state index in [1.807, 2.05) is 29.2 Å². The number of carbonyl (C=O) groups is 1. The summed E-state index contributed by atoms with van der Waals surface area (Å²) in [4.78, 5) is 15.9. The number of aryl methyl sites for hydroxylation is 1. The topological polar surface area (TPSA) is 32.3 Å². The number of anilines is 2. The molecule has 1 aromatic carbocycles. The molecule has 1 N–H and O–H groups in total. The SMILES string of the molecule is O=C(CCCc1cccs1)N1CCCNc2ccccc21. The minimum absolute atomic E-state index is 0.239. The maximum absolute atomic E-state index is 12.5. The van der Waals surface area contributed by atoms with Crippen molar-refractivity contribution in [1.82, 2.24) is 0 Å². The van der Waals surface area contributed by atoms with E-state index in [0.29, 0.717) is 6.42 Å². The molecule has 3 nitrogen and oxygen atoms in total. The van der Waals surface area contributed by atoms with Crippen molar-refractivity contribution in [2.24, 2.45) is 0 Å². The Bertz CT molecular complexity index is 595. The highest BCUT2D eigenvalue weighted by Crippen LogP contribution is 2.28. The molecule has 0 spiro atoms. The average Bonchev–Trinajstić information content (AvgIpc) is 2.92. The van der Waals surface area contributed by atoms with Gasteiger partial charge in [0.05, 0.1) is 11.4 Å². The molecule has 0 atom stereocenters. The minimum atomic E-state index is 0.239. The van der Waals surface area contributed by atoms with Crippen molar-refractivity contribution in [3.8, 4) is 0 Å². The molecule has 21 heavy (non-hydrogen) atoms. The number of hydrogen-bond acceptors (Lipinski definition) is 3. The highest BCUT2D eigenvalue weighted by Gasteiger charge is 2.20. The Morgan fingerprint density at radius 1 is 1.24 bits per heavy atom. The molecule has 2 aromatic rings. The molecule has 0 radical (unpaired) electrons. The molecule has 0 saturated heterocycles. The fourth-order valence-electron chi connectivity index (χ4n) is 2.70. The fraction of sp³-hybridized carbons (Fsp3) is 0.353. The Labute approximate surface area is 129 Å². The molecule has 1 aliphatic heterocycles. The largest absolute Gasteiger partial charge is 0.383 e. The van der Waals surface area contributed by atoms with Gasteiger partial charge >= 0.3 is 0 Å². The quantitative estimate of drug-likeness (QED) is 0.928. The van der Waals surface area contributed by atoms with Gasteiger partial charge in [-0.3, -0.25) is 4.79 Å². The monoisotopic (exact) mass is 300 g/mol. The van der Waals surface area contributed by atoms with E-state index in [1.54, 1.807) is 11.3 Å². The summed E-state index contributed by atoms with van der Waals surface area (Å²) in [6.07, 6.45) is 3.53. The molecule has 0 bridgehead atoms. The van der Waals surface area contributed by atoms with E-state index in [2.05, 4.69) is 22.8 Å². The zero-order valence-electron chi connectivity index (χ0n) is 12.0. The van der Waals surface area contributed by atoms with Gasteiger partial charge in [-0.15, -0.1) is 11.3 Å². The first-order valence-electron chi connectivity index (χ1n) is 7.50. The summed E-state index contributed by atoms with van der Waals surface area (Å²) in [6.45, 7) is 1.73. The van der Waals surface area contributed by atoms with E-state index in [1.165, 1.54) is 4.88 Å². The molecule has 1 amide bonds. The van der Waals surface area contributed by atoms with Crippen LogP contribution in [0.2, 0.25) is 0 Å². The Balaban J connectivity index is 1.63.